The van der Waals surface area contributed by atoms with E-state index < -0.39 is 9.84 Å². The highest BCUT2D eigenvalue weighted by molar-refractivity contribution is 7.91. The molecule has 0 unspecified atom stereocenters. The van der Waals surface area contributed by atoms with Crippen LogP contribution >= 0.6 is 0 Å². The fraction of sp³-hybridized carbons (Fsp3) is 0.562. The predicted molar refractivity (Wildman–Crippen MR) is 88.7 cm³/mol. The van der Waals surface area contributed by atoms with Gasteiger partial charge in [0.1, 0.15) is 0 Å². The van der Waals surface area contributed by atoms with Crippen molar-refractivity contribution in [3.05, 3.63) is 23.8 Å². The molecule has 0 aromatic heterocycles. The van der Waals surface area contributed by atoms with E-state index in [0.29, 0.717) is 25.4 Å². The van der Waals surface area contributed by atoms with E-state index in [4.69, 9.17) is 4.74 Å². The van der Waals surface area contributed by atoms with E-state index in [2.05, 4.69) is 4.90 Å². The van der Waals surface area contributed by atoms with Gasteiger partial charge < -0.3 is 14.7 Å². The van der Waals surface area contributed by atoms with E-state index in [1.165, 1.54) is 14.0 Å². The van der Waals surface area contributed by atoms with Gasteiger partial charge in [-0.15, -0.1) is 0 Å². The Kier molecular flexibility index (Phi) is 4.44. The summed E-state index contributed by atoms with van der Waals surface area (Å²) in [6, 6.07) is 4.70. The van der Waals surface area contributed by atoms with Gasteiger partial charge in [0.2, 0.25) is 5.91 Å². The largest absolute Gasteiger partial charge is 0.504 e. The lowest BCUT2D eigenvalue weighted by Crippen LogP contribution is -2.59. The number of fused-ring (bicyclic) bond motifs is 1. The second kappa shape index (κ2) is 6.25. The Hall–Kier alpha value is -1.80. The summed E-state index contributed by atoms with van der Waals surface area (Å²) >= 11 is 0. The van der Waals surface area contributed by atoms with Crippen molar-refractivity contribution in [1.29, 1.82) is 0 Å². The van der Waals surface area contributed by atoms with Crippen LogP contribution in [0, 0.1) is 0 Å². The van der Waals surface area contributed by atoms with Gasteiger partial charge in [-0.1, -0.05) is 6.07 Å². The first kappa shape index (κ1) is 17.0. The number of ether oxygens (including phenoxy) is 1. The molecule has 0 radical (unpaired) electrons. The third-order valence-electron chi connectivity index (χ3n) is 4.82. The Labute approximate surface area is 141 Å². The van der Waals surface area contributed by atoms with Crippen LogP contribution < -0.4 is 4.74 Å². The SMILES string of the molecule is COc1ccc(CN2CCN(C(C)=O)[C@@H]3CS(=O)(=O)C[C@@H]32)cc1O. The van der Waals surface area contributed by atoms with Gasteiger partial charge in [0.25, 0.3) is 0 Å². The molecule has 2 saturated heterocycles. The fourth-order valence-electron chi connectivity index (χ4n) is 3.68. The Morgan fingerprint density at radius 2 is 2.00 bits per heavy atom. The first-order valence-corrected chi connectivity index (χ1v) is 9.70. The topological polar surface area (TPSA) is 87.2 Å². The number of phenols is 1. The highest BCUT2D eigenvalue weighted by atomic mass is 32.2. The molecule has 0 aliphatic carbocycles. The summed E-state index contributed by atoms with van der Waals surface area (Å²) in [5.41, 5.74) is 0.882. The molecule has 1 aromatic rings. The lowest BCUT2D eigenvalue weighted by molar-refractivity contribution is -0.134. The Morgan fingerprint density at radius 3 is 2.62 bits per heavy atom. The lowest BCUT2D eigenvalue weighted by atomic mass is 10.0. The molecular weight excluding hydrogens is 332 g/mol. The number of piperazine rings is 1. The lowest BCUT2D eigenvalue weighted by Gasteiger charge is -2.43. The van der Waals surface area contributed by atoms with Gasteiger partial charge in [0.15, 0.2) is 21.3 Å². The highest BCUT2D eigenvalue weighted by Crippen LogP contribution is 2.30. The van der Waals surface area contributed by atoms with E-state index in [9.17, 15) is 18.3 Å². The molecule has 0 spiro atoms. The molecule has 1 aromatic carbocycles. The fourth-order valence-corrected chi connectivity index (χ4v) is 5.69. The summed E-state index contributed by atoms with van der Waals surface area (Å²) in [7, 11) is -1.65. The maximum Gasteiger partial charge on any atom is 0.219 e. The van der Waals surface area contributed by atoms with Crippen LogP contribution in [0.1, 0.15) is 12.5 Å². The number of carbonyl (C=O) groups is 1. The molecule has 8 heteroatoms. The van der Waals surface area contributed by atoms with Crippen molar-refractivity contribution >= 4 is 15.7 Å². The molecule has 2 fully saturated rings. The van der Waals surface area contributed by atoms with Crippen LogP contribution in [0.15, 0.2) is 18.2 Å². The first-order chi connectivity index (χ1) is 11.3. The van der Waals surface area contributed by atoms with Crippen LogP contribution in [-0.4, -0.2) is 73.0 Å². The summed E-state index contributed by atoms with van der Waals surface area (Å²) in [6.07, 6.45) is 0. The molecule has 3 rings (SSSR count). The molecule has 0 bridgehead atoms. The Bertz CT molecular complexity index is 749. The number of nitrogens with zero attached hydrogens (tertiary/aromatic N) is 2. The number of hydrogen-bond acceptors (Lipinski definition) is 6. The van der Waals surface area contributed by atoms with E-state index in [-0.39, 0.29) is 35.2 Å². The van der Waals surface area contributed by atoms with Crippen LogP contribution in [-0.2, 0) is 21.2 Å². The summed E-state index contributed by atoms with van der Waals surface area (Å²) in [5, 5.41) is 9.91. The van der Waals surface area contributed by atoms with Crippen molar-refractivity contribution in [2.45, 2.75) is 25.6 Å². The van der Waals surface area contributed by atoms with E-state index in [1.807, 2.05) is 6.07 Å². The molecular formula is C16H22N2O5S. The Morgan fingerprint density at radius 1 is 1.29 bits per heavy atom. The monoisotopic (exact) mass is 354 g/mol. The van der Waals surface area contributed by atoms with Crippen LogP contribution in [0.5, 0.6) is 11.5 Å². The number of phenolic OH excluding ortho intramolecular Hbond substituents is 1. The molecule has 1 N–H and O–H groups in total. The zero-order valence-electron chi connectivity index (χ0n) is 13.8. The van der Waals surface area contributed by atoms with E-state index >= 15 is 0 Å². The van der Waals surface area contributed by atoms with Gasteiger partial charge in [-0.3, -0.25) is 9.69 Å². The zero-order valence-corrected chi connectivity index (χ0v) is 14.6. The van der Waals surface area contributed by atoms with Crippen LogP contribution in [0.25, 0.3) is 0 Å². The van der Waals surface area contributed by atoms with Crippen molar-refractivity contribution in [1.82, 2.24) is 9.80 Å². The van der Waals surface area contributed by atoms with Crippen LogP contribution in [0.3, 0.4) is 0 Å². The quantitative estimate of drug-likeness (QED) is 0.836. The van der Waals surface area contributed by atoms with Gasteiger partial charge in [-0.05, 0) is 17.7 Å². The minimum Gasteiger partial charge on any atom is -0.504 e. The maximum atomic E-state index is 12.1. The third kappa shape index (κ3) is 3.21. The number of rotatable bonds is 3. The molecule has 7 nitrogen and oxygen atoms in total. The summed E-state index contributed by atoms with van der Waals surface area (Å²) < 4.78 is 29.2. The number of sulfone groups is 1. The van der Waals surface area contributed by atoms with Crippen molar-refractivity contribution in [3.8, 4) is 11.5 Å². The second-order valence-electron chi connectivity index (χ2n) is 6.40. The number of hydrogen-bond donors (Lipinski definition) is 1. The highest BCUT2D eigenvalue weighted by Gasteiger charge is 2.47. The first-order valence-electron chi connectivity index (χ1n) is 7.88. The molecule has 2 aliphatic heterocycles. The Balaban J connectivity index is 1.81. The van der Waals surface area contributed by atoms with Gasteiger partial charge in [-0.2, -0.15) is 0 Å². The summed E-state index contributed by atoms with van der Waals surface area (Å²) in [6.45, 7) is 3.15. The molecule has 1 amide bonds. The number of carbonyl (C=O) groups excluding carboxylic acids is 1. The van der Waals surface area contributed by atoms with Crippen molar-refractivity contribution in [2.24, 2.45) is 0 Å². The maximum absolute atomic E-state index is 12.1. The molecule has 2 aliphatic rings. The van der Waals surface area contributed by atoms with Crippen LogP contribution in [0.4, 0.5) is 0 Å². The second-order valence-corrected chi connectivity index (χ2v) is 8.55. The summed E-state index contributed by atoms with van der Waals surface area (Å²) in [4.78, 5) is 15.6. The van der Waals surface area contributed by atoms with E-state index in [1.54, 1.807) is 17.0 Å². The molecule has 24 heavy (non-hydrogen) atoms. The molecule has 2 heterocycles. The zero-order chi connectivity index (χ0) is 17.5. The minimum atomic E-state index is -3.14. The minimum absolute atomic E-state index is 0.0294. The van der Waals surface area contributed by atoms with Crippen LogP contribution in [0.2, 0.25) is 0 Å². The molecule has 0 saturated carbocycles. The number of aromatic hydroxyl groups is 1. The average Bonchev–Trinajstić information content (AvgIpc) is 2.82. The number of amides is 1. The standard InChI is InChI=1S/C16H22N2O5S/c1-11(19)18-6-5-17(13-9-24(21,22)10-14(13)18)8-12-3-4-16(23-2)15(20)7-12/h3-4,7,13-14,20H,5-6,8-10H2,1-2H3/t13-,14+/m0/s1. The van der Waals surface area contributed by atoms with Crippen molar-refractivity contribution in [3.63, 3.8) is 0 Å². The summed E-state index contributed by atoms with van der Waals surface area (Å²) in [5.74, 6) is 0.490. The molecule has 132 valence electrons. The molecule has 2 atom stereocenters. The average molecular weight is 354 g/mol. The number of methoxy groups -OCH3 is 1. The van der Waals surface area contributed by atoms with Gasteiger partial charge in [-0.25, -0.2) is 8.42 Å². The van der Waals surface area contributed by atoms with Gasteiger partial charge in [0.05, 0.1) is 24.7 Å². The van der Waals surface area contributed by atoms with Gasteiger partial charge in [0, 0.05) is 32.6 Å². The normalized spacial score (nSPS) is 26.2. The van der Waals surface area contributed by atoms with Gasteiger partial charge >= 0.3 is 0 Å². The third-order valence-corrected chi connectivity index (χ3v) is 6.52. The number of benzene rings is 1. The van der Waals surface area contributed by atoms with Crippen molar-refractivity contribution < 1.29 is 23.1 Å². The predicted octanol–water partition coefficient (Wildman–Crippen LogP) is 0.231. The van der Waals surface area contributed by atoms with E-state index in [0.717, 1.165) is 5.56 Å². The van der Waals surface area contributed by atoms with Crippen molar-refractivity contribution in [2.75, 3.05) is 31.7 Å². The smallest absolute Gasteiger partial charge is 0.219 e.